The summed E-state index contributed by atoms with van der Waals surface area (Å²) in [6, 6.07) is 7.38. The lowest BCUT2D eigenvalue weighted by Crippen LogP contribution is -2.15. The number of carbonyl (C=O) groups excluding carboxylic acids is 1. The molecule has 0 atom stereocenters. The molecule has 102 valence electrons. The standard InChI is InChI=1S/C16H21NO2/c17-15-9-6-13(7-10-15)8-11-16(18)19-12-14-4-2-1-3-5-14/h6-11,14H,1-5,12,17H2/b11-8+. The number of hydrogen-bond donors (Lipinski definition) is 1. The number of esters is 1. The molecule has 0 amide bonds. The summed E-state index contributed by atoms with van der Waals surface area (Å²) in [5.41, 5.74) is 7.26. The first-order valence-electron chi connectivity index (χ1n) is 6.94. The summed E-state index contributed by atoms with van der Waals surface area (Å²) >= 11 is 0. The molecule has 0 spiro atoms. The van der Waals surface area contributed by atoms with Crippen LogP contribution in [0.3, 0.4) is 0 Å². The smallest absolute Gasteiger partial charge is 0.330 e. The molecule has 2 N–H and O–H groups in total. The molecule has 2 rings (SSSR count). The number of ether oxygens (including phenoxy) is 1. The van der Waals surface area contributed by atoms with Crippen LogP contribution in [0.15, 0.2) is 30.3 Å². The predicted molar refractivity (Wildman–Crippen MR) is 77.4 cm³/mol. The first-order valence-corrected chi connectivity index (χ1v) is 6.94. The van der Waals surface area contributed by atoms with Crippen LogP contribution in [0.5, 0.6) is 0 Å². The summed E-state index contributed by atoms with van der Waals surface area (Å²) in [5, 5.41) is 0. The van der Waals surface area contributed by atoms with Gasteiger partial charge in [0.25, 0.3) is 0 Å². The molecule has 0 radical (unpaired) electrons. The van der Waals surface area contributed by atoms with E-state index in [1.165, 1.54) is 38.2 Å². The Bertz CT molecular complexity index is 431. The molecule has 1 aliphatic rings. The van der Waals surface area contributed by atoms with Crippen molar-refractivity contribution in [3.8, 4) is 0 Å². The molecule has 0 aromatic heterocycles. The number of nitrogen functional groups attached to an aromatic ring is 1. The van der Waals surface area contributed by atoms with E-state index in [0.717, 1.165) is 11.3 Å². The Morgan fingerprint density at radius 1 is 1.21 bits per heavy atom. The normalized spacial score (nSPS) is 16.6. The number of rotatable bonds is 4. The maximum absolute atomic E-state index is 11.6. The number of nitrogens with two attached hydrogens (primary N) is 1. The fourth-order valence-corrected chi connectivity index (χ4v) is 2.37. The van der Waals surface area contributed by atoms with Gasteiger partial charge in [-0.1, -0.05) is 31.4 Å². The van der Waals surface area contributed by atoms with Gasteiger partial charge in [0.15, 0.2) is 0 Å². The fourth-order valence-electron chi connectivity index (χ4n) is 2.37. The lowest BCUT2D eigenvalue weighted by Gasteiger charge is -2.20. The molecule has 3 nitrogen and oxygen atoms in total. The van der Waals surface area contributed by atoms with E-state index in [-0.39, 0.29) is 5.97 Å². The Morgan fingerprint density at radius 2 is 1.89 bits per heavy atom. The first kappa shape index (κ1) is 13.7. The maximum atomic E-state index is 11.6. The zero-order chi connectivity index (χ0) is 13.5. The summed E-state index contributed by atoms with van der Waals surface area (Å²) in [6.45, 7) is 0.560. The van der Waals surface area contributed by atoms with Crippen molar-refractivity contribution < 1.29 is 9.53 Å². The molecule has 1 saturated carbocycles. The predicted octanol–water partition coefficient (Wildman–Crippen LogP) is 3.41. The molecule has 1 aliphatic carbocycles. The first-order chi connectivity index (χ1) is 9.24. The second-order valence-electron chi connectivity index (χ2n) is 5.13. The summed E-state index contributed by atoms with van der Waals surface area (Å²) in [7, 11) is 0. The molecule has 0 saturated heterocycles. The van der Waals surface area contributed by atoms with Crippen LogP contribution in [0.25, 0.3) is 6.08 Å². The van der Waals surface area contributed by atoms with E-state index in [1.807, 2.05) is 24.3 Å². The number of benzene rings is 1. The van der Waals surface area contributed by atoms with Crippen LogP contribution in [0.1, 0.15) is 37.7 Å². The van der Waals surface area contributed by atoms with E-state index in [2.05, 4.69) is 0 Å². The van der Waals surface area contributed by atoms with E-state index in [4.69, 9.17) is 10.5 Å². The lowest BCUT2D eigenvalue weighted by atomic mass is 9.90. The van der Waals surface area contributed by atoms with Crippen LogP contribution in [0, 0.1) is 5.92 Å². The molecule has 1 aromatic rings. The zero-order valence-electron chi connectivity index (χ0n) is 11.2. The Labute approximate surface area is 114 Å². The highest BCUT2D eigenvalue weighted by molar-refractivity contribution is 5.87. The highest BCUT2D eigenvalue weighted by atomic mass is 16.5. The van der Waals surface area contributed by atoms with E-state index in [1.54, 1.807) is 6.08 Å². The minimum Gasteiger partial charge on any atom is -0.462 e. The monoisotopic (exact) mass is 259 g/mol. The fraction of sp³-hybridized carbons (Fsp3) is 0.438. The van der Waals surface area contributed by atoms with E-state index < -0.39 is 0 Å². The van der Waals surface area contributed by atoms with Crippen LogP contribution in [-0.2, 0) is 9.53 Å². The van der Waals surface area contributed by atoms with E-state index in [9.17, 15) is 4.79 Å². The molecule has 0 heterocycles. The highest BCUT2D eigenvalue weighted by Gasteiger charge is 2.14. The van der Waals surface area contributed by atoms with Crippen LogP contribution in [0.4, 0.5) is 5.69 Å². The number of anilines is 1. The summed E-state index contributed by atoms with van der Waals surface area (Å²) in [6.07, 6.45) is 9.47. The quantitative estimate of drug-likeness (QED) is 0.512. The van der Waals surface area contributed by atoms with Crippen molar-refractivity contribution >= 4 is 17.7 Å². The third-order valence-corrected chi connectivity index (χ3v) is 3.53. The molecule has 19 heavy (non-hydrogen) atoms. The lowest BCUT2D eigenvalue weighted by molar-refractivity contribution is -0.139. The molecular weight excluding hydrogens is 238 g/mol. The summed E-state index contributed by atoms with van der Waals surface area (Å²) in [5.74, 6) is 0.296. The van der Waals surface area contributed by atoms with Crippen molar-refractivity contribution in [1.82, 2.24) is 0 Å². The van der Waals surface area contributed by atoms with E-state index >= 15 is 0 Å². The Balaban J connectivity index is 1.75. The van der Waals surface area contributed by atoms with Gasteiger partial charge in [-0.25, -0.2) is 4.79 Å². The Morgan fingerprint density at radius 3 is 2.58 bits per heavy atom. The Hall–Kier alpha value is -1.77. The van der Waals surface area contributed by atoms with Crippen molar-refractivity contribution in [2.75, 3.05) is 12.3 Å². The Kier molecular flexibility index (Phi) is 5.01. The second kappa shape index (κ2) is 6.98. The third kappa shape index (κ3) is 4.78. The van der Waals surface area contributed by atoms with Gasteiger partial charge in [0.1, 0.15) is 0 Å². The van der Waals surface area contributed by atoms with Gasteiger partial charge in [0, 0.05) is 11.8 Å². The summed E-state index contributed by atoms with van der Waals surface area (Å²) in [4.78, 5) is 11.6. The van der Waals surface area contributed by atoms with Crippen molar-refractivity contribution in [3.05, 3.63) is 35.9 Å². The number of carbonyl (C=O) groups is 1. The van der Waals surface area contributed by atoms with Crippen LogP contribution in [0.2, 0.25) is 0 Å². The van der Waals surface area contributed by atoms with Gasteiger partial charge >= 0.3 is 5.97 Å². The van der Waals surface area contributed by atoms with Gasteiger partial charge in [-0.05, 0) is 42.5 Å². The molecular formula is C16H21NO2. The van der Waals surface area contributed by atoms with E-state index in [0.29, 0.717) is 12.5 Å². The third-order valence-electron chi connectivity index (χ3n) is 3.53. The van der Waals surface area contributed by atoms with Crippen LogP contribution < -0.4 is 5.73 Å². The highest BCUT2D eigenvalue weighted by Crippen LogP contribution is 2.23. The molecule has 3 heteroatoms. The van der Waals surface area contributed by atoms with Gasteiger partial charge < -0.3 is 10.5 Å². The molecule has 1 fully saturated rings. The van der Waals surface area contributed by atoms with Crippen LogP contribution in [-0.4, -0.2) is 12.6 Å². The van der Waals surface area contributed by atoms with Gasteiger partial charge in [0.05, 0.1) is 6.61 Å². The van der Waals surface area contributed by atoms with Crippen molar-refractivity contribution in [1.29, 1.82) is 0 Å². The van der Waals surface area contributed by atoms with Gasteiger partial charge in [0.2, 0.25) is 0 Å². The minimum atomic E-state index is -0.262. The van der Waals surface area contributed by atoms with Crippen molar-refractivity contribution in [2.24, 2.45) is 5.92 Å². The maximum Gasteiger partial charge on any atom is 0.330 e. The largest absolute Gasteiger partial charge is 0.462 e. The van der Waals surface area contributed by atoms with Gasteiger partial charge in [-0.15, -0.1) is 0 Å². The number of hydrogen-bond acceptors (Lipinski definition) is 3. The van der Waals surface area contributed by atoms with Crippen LogP contribution >= 0.6 is 0 Å². The molecule has 0 unspecified atom stereocenters. The average molecular weight is 259 g/mol. The van der Waals surface area contributed by atoms with Gasteiger partial charge in [-0.3, -0.25) is 0 Å². The topological polar surface area (TPSA) is 52.3 Å². The van der Waals surface area contributed by atoms with Crippen molar-refractivity contribution in [2.45, 2.75) is 32.1 Å². The second-order valence-corrected chi connectivity index (χ2v) is 5.13. The minimum absolute atomic E-state index is 0.262. The molecule has 0 bridgehead atoms. The molecule has 0 aliphatic heterocycles. The van der Waals surface area contributed by atoms with Gasteiger partial charge in [-0.2, -0.15) is 0 Å². The SMILES string of the molecule is Nc1ccc(/C=C/C(=O)OCC2CCCCC2)cc1. The summed E-state index contributed by atoms with van der Waals surface area (Å²) < 4.78 is 5.28. The zero-order valence-corrected chi connectivity index (χ0v) is 11.2. The molecule has 1 aromatic carbocycles. The van der Waals surface area contributed by atoms with Crippen molar-refractivity contribution in [3.63, 3.8) is 0 Å². The average Bonchev–Trinajstić information content (AvgIpc) is 2.45.